The minimum absolute atomic E-state index is 0.223. The maximum Gasteiger partial charge on any atom is 0.410 e. The molecule has 1 aliphatic heterocycles. The summed E-state index contributed by atoms with van der Waals surface area (Å²) in [4.78, 5) is 38.2. The van der Waals surface area contributed by atoms with Crippen LogP contribution in [0.15, 0.2) is 22.7 Å². The number of nitrogens with one attached hydrogen (secondary N) is 2. The molecule has 0 aromatic heterocycles. The lowest BCUT2D eigenvalue weighted by Gasteiger charge is -2.24. The molecule has 0 radical (unpaired) electrons. The van der Waals surface area contributed by atoms with Crippen LogP contribution in [0.1, 0.15) is 37.6 Å². The molecule has 1 saturated heterocycles. The van der Waals surface area contributed by atoms with Gasteiger partial charge in [-0.1, -0.05) is 15.9 Å². The maximum atomic E-state index is 12.6. The number of hydrogen-bond donors (Lipinski definition) is 2. The van der Waals surface area contributed by atoms with Crippen LogP contribution in [-0.2, 0) is 9.53 Å². The van der Waals surface area contributed by atoms with Gasteiger partial charge in [0.1, 0.15) is 5.60 Å². The minimum atomic E-state index is -0.573. The number of nitrogens with zero attached hydrogens (tertiary/aromatic N) is 1. The Balaban J connectivity index is 2.04. The van der Waals surface area contributed by atoms with Crippen molar-refractivity contribution in [3.63, 3.8) is 0 Å². The number of anilines is 1. The number of rotatable bonds is 3. The Kier molecular flexibility index (Phi) is 6.28. The molecule has 3 amide bonds. The van der Waals surface area contributed by atoms with Crippen molar-refractivity contribution in [3.05, 3.63) is 28.2 Å². The summed E-state index contributed by atoms with van der Waals surface area (Å²) in [5.74, 6) is -0.854. The third kappa shape index (κ3) is 5.20. The Labute approximate surface area is 161 Å². The fraction of sp³-hybridized carbons (Fsp3) is 0.500. The number of benzene rings is 1. The lowest BCUT2D eigenvalue weighted by molar-refractivity contribution is -0.119. The van der Waals surface area contributed by atoms with E-state index in [-0.39, 0.29) is 17.7 Å². The summed E-state index contributed by atoms with van der Waals surface area (Å²) in [7, 11) is 1.53. The summed E-state index contributed by atoms with van der Waals surface area (Å²) in [5, 5.41) is 5.36. The first-order valence-corrected chi connectivity index (χ1v) is 9.20. The van der Waals surface area contributed by atoms with E-state index in [0.29, 0.717) is 30.8 Å². The van der Waals surface area contributed by atoms with E-state index < -0.39 is 11.7 Å². The number of carbonyl (C=O) groups excluding carboxylic acids is 3. The van der Waals surface area contributed by atoms with Crippen molar-refractivity contribution < 1.29 is 19.1 Å². The third-order valence-corrected chi connectivity index (χ3v) is 4.42. The van der Waals surface area contributed by atoms with Gasteiger partial charge in [0.05, 0.1) is 17.2 Å². The van der Waals surface area contributed by atoms with Crippen LogP contribution in [0.2, 0.25) is 0 Å². The van der Waals surface area contributed by atoms with Gasteiger partial charge in [-0.2, -0.15) is 0 Å². The van der Waals surface area contributed by atoms with Crippen molar-refractivity contribution in [1.82, 2.24) is 10.2 Å². The van der Waals surface area contributed by atoms with E-state index in [1.807, 2.05) is 0 Å². The molecule has 0 bridgehead atoms. The largest absolute Gasteiger partial charge is 0.444 e. The number of hydrogen-bond acceptors (Lipinski definition) is 4. The molecule has 1 fully saturated rings. The zero-order valence-electron chi connectivity index (χ0n) is 15.4. The van der Waals surface area contributed by atoms with Crippen LogP contribution in [0.25, 0.3) is 0 Å². The van der Waals surface area contributed by atoms with E-state index in [0.717, 1.165) is 4.47 Å². The second-order valence-corrected chi connectivity index (χ2v) is 8.09. The molecule has 1 aliphatic rings. The molecule has 0 spiro atoms. The number of halogens is 1. The van der Waals surface area contributed by atoms with Gasteiger partial charge in [-0.15, -0.1) is 0 Å². The summed E-state index contributed by atoms with van der Waals surface area (Å²) < 4.78 is 6.10. The van der Waals surface area contributed by atoms with Gasteiger partial charge in [-0.05, 0) is 45.4 Å². The predicted molar refractivity (Wildman–Crippen MR) is 102 cm³/mol. The normalized spacial score (nSPS) is 17.0. The topological polar surface area (TPSA) is 87.7 Å². The summed E-state index contributed by atoms with van der Waals surface area (Å²) >= 11 is 3.34. The number of amides is 3. The first kappa shape index (κ1) is 20.2. The van der Waals surface area contributed by atoms with Crippen molar-refractivity contribution >= 4 is 39.5 Å². The lowest BCUT2D eigenvalue weighted by Crippen LogP contribution is -2.36. The van der Waals surface area contributed by atoms with Gasteiger partial charge >= 0.3 is 6.09 Å². The molecule has 1 heterocycles. The third-order valence-electron chi connectivity index (χ3n) is 3.92. The van der Waals surface area contributed by atoms with Crippen LogP contribution in [-0.4, -0.2) is 48.5 Å². The molecule has 1 aromatic carbocycles. The van der Waals surface area contributed by atoms with E-state index in [4.69, 9.17) is 4.74 Å². The van der Waals surface area contributed by atoms with Crippen LogP contribution in [0.3, 0.4) is 0 Å². The van der Waals surface area contributed by atoms with Crippen molar-refractivity contribution in [2.75, 3.05) is 25.5 Å². The van der Waals surface area contributed by atoms with Crippen LogP contribution in [0.5, 0.6) is 0 Å². The molecular weight excluding hydrogens is 402 g/mol. The van der Waals surface area contributed by atoms with E-state index in [2.05, 4.69) is 26.6 Å². The number of likely N-dealkylation sites (tertiary alicyclic amines) is 1. The van der Waals surface area contributed by atoms with Gasteiger partial charge in [0.25, 0.3) is 5.91 Å². The first-order chi connectivity index (χ1) is 12.1. The Bertz CT molecular complexity index is 715. The van der Waals surface area contributed by atoms with Crippen LogP contribution in [0.4, 0.5) is 10.5 Å². The average Bonchev–Trinajstić information content (AvgIpc) is 3.03. The summed E-state index contributed by atoms with van der Waals surface area (Å²) in [6, 6.07) is 5.06. The molecule has 2 N–H and O–H groups in total. The Morgan fingerprint density at radius 3 is 2.58 bits per heavy atom. The highest BCUT2D eigenvalue weighted by atomic mass is 79.9. The number of ether oxygens (including phenoxy) is 1. The standard InChI is InChI=1S/C18H24BrN3O4/c1-18(2,3)26-17(25)22-8-7-11(10-22)15(23)21-14-9-12(19)5-6-13(14)16(24)20-4/h5-6,9,11H,7-8,10H2,1-4H3,(H,20,24)(H,21,23). The molecule has 2 rings (SSSR count). The van der Waals surface area contributed by atoms with Crippen LogP contribution in [0, 0.1) is 5.92 Å². The lowest BCUT2D eigenvalue weighted by atomic mass is 10.1. The van der Waals surface area contributed by atoms with E-state index in [1.54, 1.807) is 39.0 Å². The van der Waals surface area contributed by atoms with Crippen molar-refractivity contribution in [1.29, 1.82) is 0 Å². The molecule has 0 aliphatic carbocycles. The maximum absolute atomic E-state index is 12.6. The highest BCUT2D eigenvalue weighted by molar-refractivity contribution is 9.10. The fourth-order valence-electron chi connectivity index (χ4n) is 2.65. The molecule has 8 heteroatoms. The fourth-order valence-corrected chi connectivity index (χ4v) is 3.02. The quantitative estimate of drug-likeness (QED) is 0.778. The van der Waals surface area contributed by atoms with Crippen LogP contribution < -0.4 is 10.6 Å². The van der Waals surface area contributed by atoms with Crippen molar-refractivity contribution in [3.8, 4) is 0 Å². The highest BCUT2D eigenvalue weighted by Gasteiger charge is 2.33. The van der Waals surface area contributed by atoms with Crippen molar-refractivity contribution in [2.45, 2.75) is 32.8 Å². The van der Waals surface area contributed by atoms with Gasteiger partial charge in [0.15, 0.2) is 0 Å². The molecule has 26 heavy (non-hydrogen) atoms. The second-order valence-electron chi connectivity index (χ2n) is 7.17. The highest BCUT2D eigenvalue weighted by Crippen LogP contribution is 2.25. The Hall–Kier alpha value is -2.09. The molecule has 1 unspecified atom stereocenters. The monoisotopic (exact) mass is 425 g/mol. The van der Waals surface area contributed by atoms with Gasteiger partial charge in [0.2, 0.25) is 5.91 Å². The van der Waals surface area contributed by atoms with Crippen molar-refractivity contribution in [2.24, 2.45) is 5.92 Å². The minimum Gasteiger partial charge on any atom is -0.444 e. The summed E-state index contributed by atoms with van der Waals surface area (Å²) in [6.07, 6.45) is 0.135. The van der Waals surface area contributed by atoms with Gasteiger partial charge in [-0.3, -0.25) is 9.59 Å². The zero-order valence-corrected chi connectivity index (χ0v) is 17.0. The molecular formula is C18H24BrN3O4. The van der Waals surface area contributed by atoms with Gasteiger partial charge in [0, 0.05) is 24.6 Å². The molecule has 0 saturated carbocycles. The Morgan fingerprint density at radius 1 is 1.27 bits per heavy atom. The molecule has 1 atom stereocenters. The average molecular weight is 426 g/mol. The zero-order chi connectivity index (χ0) is 19.5. The van der Waals surface area contributed by atoms with E-state index in [1.165, 1.54) is 11.9 Å². The van der Waals surface area contributed by atoms with Gasteiger partial charge < -0.3 is 20.3 Å². The van der Waals surface area contributed by atoms with E-state index in [9.17, 15) is 14.4 Å². The predicted octanol–water partition coefficient (Wildman–Crippen LogP) is 3.00. The SMILES string of the molecule is CNC(=O)c1ccc(Br)cc1NC(=O)C1CCN(C(=O)OC(C)(C)C)C1. The molecule has 7 nitrogen and oxygen atoms in total. The van der Waals surface area contributed by atoms with Crippen LogP contribution >= 0.6 is 15.9 Å². The van der Waals surface area contributed by atoms with E-state index >= 15 is 0 Å². The second kappa shape index (κ2) is 8.07. The summed E-state index contributed by atoms with van der Waals surface area (Å²) in [5.41, 5.74) is 0.237. The summed E-state index contributed by atoms with van der Waals surface area (Å²) in [6.45, 7) is 6.17. The number of carbonyl (C=O) groups is 3. The van der Waals surface area contributed by atoms with Gasteiger partial charge in [-0.25, -0.2) is 4.79 Å². The smallest absolute Gasteiger partial charge is 0.410 e. The molecule has 1 aromatic rings. The first-order valence-electron chi connectivity index (χ1n) is 8.41. The molecule has 142 valence electrons. The Morgan fingerprint density at radius 2 is 1.96 bits per heavy atom.